The topological polar surface area (TPSA) is 67.6 Å². The fraction of sp³-hybridized carbons (Fsp3) is 0.500. The van der Waals surface area contributed by atoms with Crippen molar-refractivity contribution in [2.24, 2.45) is 0 Å². The molecule has 1 aromatic rings. The number of carbonyl (C=O) groups is 1. The lowest BCUT2D eigenvalue weighted by Crippen LogP contribution is -2.43. The van der Waals surface area contributed by atoms with Crippen LogP contribution in [0.3, 0.4) is 0 Å². The number of nitriles is 1. The molecule has 22 heavy (non-hydrogen) atoms. The first-order valence-electron chi connectivity index (χ1n) is 7.15. The van der Waals surface area contributed by atoms with Crippen LogP contribution >= 0.6 is 11.6 Å². The fourth-order valence-corrected chi connectivity index (χ4v) is 2.07. The largest absolute Gasteiger partial charge is 0.395 e. The number of carbonyl (C=O) groups excluding carboxylic acids is 1. The highest BCUT2D eigenvalue weighted by molar-refractivity contribution is 6.31. The lowest BCUT2D eigenvalue weighted by Gasteiger charge is -2.27. The molecule has 0 aliphatic heterocycles. The van der Waals surface area contributed by atoms with Gasteiger partial charge in [-0.15, -0.1) is 0 Å². The van der Waals surface area contributed by atoms with E-state index in [2.05, 4.69) is 6.07 Å². The van der Waals surface area contributed by atoms with Crippen LogP contribution in [-0.2, 0) is 4.79 Å². The molecule has 0 aliphatic rings. The highest BCUT2D eigenvalue weighted by Crippen LogP contribution is 2.23. The van der Waals surface area contributed by atoms with Gasteiger partial charge in [-0.05, 0) is 44.7 Å². The minimum Gasteiger partial charge on any atom is -0.395 e. The van der Waals surface area contributed by atoms with Crippen molar-refractivity contribution >= 4 is 23.2 Å². The Kier molecular flexibility index (Phi) is 7.33. The van der Waals surface area contributed by atoms with Crippen LogP contribution in [-0.4, -0.2) is 48.7 Å². The van der Waals surface area contributed by atoms with Crippen molar-refractivity contribution < 1.29 is 9.90 Å². The third kappa shape index (κ3) is 4.99. The summed E-state index contributed by atoms with van der Waals surface area (Å²) in [5, 5.41) is 18.6. The van der Waals surface area contributed by atoms with Gasteiger partial charge in [-0.2, -0.15) is 5.26 Å². The molecule has 1 aromatic carbocycles. The van der Waals surface area contributed by atoms with E-state index in [0.29, 0.717) is 11.6 Å². The molecule has 120 valence electrons. The molecule has 0 saturated heterocycles. The number of hydrogen-bond donors (Lipinski definition) is 1. The number of benzene rings is 1. The highest BCUT2D eigenvalue weighted by atomic mass is 35.5. The number of halogens is 1. The lowest BCUT2D eigenvalue weighted by molar-refractivity contribution is -0.120. The van der Waals surface area contributed by atoms with Crippen molar-refractivity contribution in [3.8, 4) is 6.07 Å². The van der Waals surface area contributed by atoms with Gasteiger partial charge in [0.15, 0.2) is 0 Å². The maximum atomic E-state index is 12.5. The van der Waals surface area contributed by atoms with E-state index in [1.807, 2.05) is 19.9 Å². The second-order valence-electron chi connectivity index (χ2n) is 5.33. The fourth-order valence-electron chi connectivity index (χ4n) is 1.95. The van der Waals surface area contributed by atoms with Gasteiger partial charge in [-0.25, -0.2) is 0 Å². The summed E-state index contributed by atoms with van der Waals surface area (Å²) in [6, 6.07) is 7.33. The Morgan fingerprint density at radius 3 is 2.73 bits per heavy atom. The summed E-state index contributed by atoms with van der Waals surface area (Å²) in [6.45, 7) is 4.21. The third-order valence-electron chi connectivity index (χ3n) is 3.60. The summed E-state index contributed by atoms with van der Waals surface area (Å²) in [5.41, 5.74) is 1.61. The second-order valence-corrected chi connectivity index (χ2v) is 5.74. The Labute approximate surface area is 136 Å². The Balaban J connectivity index is 2.94. The quantitative estimate of drug-likeness (QED) is 0.835. The van der Waals surface area contributed by atoms with E-state index in [-0.39, 0.29) is 31.5 Å². The molecule has 0 spiro atoms. The molecule has 6 heteroatoms. The minimum atomic E-state index is -0.111. The van der Waals surface area contributed by atoms with Gasteiger partial charge in [0.25, 0.3) is 0 Å². The average Bonchev–Trinajstić information content (AvgIpc) is 2.50. The van der Waals surface area contributed by atoms with Gasteiger partial charge in [0.05, 0.1) is 25.6 Å². The van der Waals surface area contributed by atoms with Gasteiger partial charge in [0.2, 0.25) is 5.91 Å². The van der Waals surface area contributed by atoms with E-state index < -0.39 is 0 Å². The smallest absolute Gasteiger partial charge is 0.241 e. The Bertz CT molecular complexity index is 557. The summed E-state index contributed by atoms with van der Waals surface area (Å²) in [7, 11) is 1.79. The summed E-state index contributed by atoms with van der Waals surface area (Å²) in [5.74, 6) is -0.111. The SMILES string of the molecule is Cc1cc(N(CCC#N)C(=O)CN(C)C(C)CO)ccc1Cl. The molecule has 0 fully saturated rings. The first-order valence-corrected chi connectivity index (χ1v) is 7.53. The number of rotatable bonds is 7. The molecule has 1 rings (SSSR count). The van der Waals surface area contributed by atoms with Gasteiger partial charge >= 0.3 is 0 Å². The number of anilines is 1. The minimum absolute atomic E-state index is 0.0119. The maximum absolute atomic E-state index is 12.5. The summed E-state index contributed by atoms with van der Waals surface area (Å²) < 4.78 is 0. The normalized spacial score (nSPS) is 12.0. The molecule has 1 unspecified atom stereocenters. The van der Waals surface area contributed by atoms with Gasteiger partial charge in [0, 0.05) is 23.3 Å². The van der Waals surface area contributed by atoms with E-state index in [1.54, 1.807) is 29.0 Å². The molecular formula is C16H22ClN3O2. The summed E-state index contributed by atoms with van der Waals surface area (Å²) in [6.07, 6.45) is 0.257. The van der Waals surface area contributed by atoms with Crippen LogP contribution in [0.5, 0.6) is 0 Å². The molecule has 1 atom stereocenters. The van der Waals surface area contributed by atoms with Crippen molar-refractivity contribution in [3.05, 3.63) is 28.8 Å². The number of nitrogens with zero attached hydrogens (tertiary/aromatic N) is 3. The molecule has 1 N–H and O–H groups in total. The van der Waals surface area contributed by atoms with Crippen LogP contribution in [0.1, 0.15) is 18.9 Å². The monoisotopic (exact) mass is 323 g/mol. The molecule has 0 saturated carbocycles. The zero-order valence-electron chi connectivity index (χ0n) is 13.2. The van der Waals surface area contributed by atoms with E-state index in [4.69, 9.17) is 22.0 Å². The number of hydrogen-bond acceptors (Lipinski definition) is 4. The van der Waals surface area contributed by atoms with Crippen molar-refractivity contribution in [1.29, 1.82) is 5.26 Å². The van der Waals surface area contributed by atoms with Gasteiger partial charge < -0.3 is 10.0 Å². The second kappa shape index (κ2) is 8.74. The molecular weight excluding hydrogens is 302 g/mol. The van der Waals surface area contributed by atoms with Crippen LogP contribution in [0, 0.1) is 18.3 Å². The van der Waals surface area contributed by atoms with Crippen molar-refractivity contribution in [3.63, 3.8) is 0 Å². The van der Waals surface area contributed by atoms with Crippen LogP contribution in [0.2, 0.25) is 5.02 Å². The lowest BCUT2D eigenvalue weighted by atomic mass is 10.2. The van der Waals surface area contributed by atoms with Crippen LogP contribution in [0.15, 0.2) is 18.2 Å². The van der Waals surface area contributed by atoms with Crippen molar-refractivity contribution in [2.45, 2.75) is 26.3 Å². The highest BCUT2D eigenvalue weighted by Gasteiger charge is 2.19. The molecule has 0 radical (unpaired) electrons. The van der Waals surface area contributed by atoms with E-state index in [1.165, 1.54) is 0 Å². The first kappa shape index (κ1) is 18.4. The van der Waals surface area contributed by atoms with E-state index in [9.17, 15) is 4.79 Å². The van der Waals surface area contributed by atoms with Gasteiger partial charge in [0.1, 0.15) is 0 Å². The molecule has 5 nitrogen and oxygen atoms in total. The maximum Gasteiger partial charge on any atom is 0.241 e. The predicted octanol–water partition coefficient (Wildman–Crippen LogP) is 2.21. The first-order chi connectivity index (χ1) is 10.4. The number of aliphatic hydroxyl groups excluding tert-OH is 1. The van der Waals surface area contributed by atoms with Gasteiger partial charge in [-0.3, -0.25) is 9.69 Å². The van der Waals surface area contributed by atoms with Crippen molar-refractivity contribution in [1.82, 2.24) is 4.90 Å². The Morgan fingerprint density at radius 1 is 1.50 bits per heavy atom. The number of amides is 1. The molecule has 0 bridgehead atoms. The molecule has 1 amide bonds. The van der Waals surface area contributed by atoms with Crippen LogP contribution in [0.4, 0.5) is 5.69 Å². The zero-order valence-corrected chi connectivity index (χ0v) is 14.0. The molecule has 0 aromatic heterocycles. The Morgan fingerprint density at radius 2 is 2.18 bits per heavy atom. The van der Waals surface area contributed by atoms with Crippen LogP contribution in [0.25, 0.3) is 0 Å². The number of aliphatic hydroxyl groups is 1. The number of likely N-dealkylation sites (N-methyl/N-ethyl adjacent to an activating group) is 1. The molecule has 0 heterocycles. The van der Waals surface area contributed by atoms with E-state index in [0.717, 1.165) is 11.3 Å². The standard InChI is InChI=1S/C16H22ClN3O2/c1-12-9-14(5-6-15(12)17)20(8-4-7-18)16(22)10-19(3)13(2)11-21/h5-6,9,13,21H,4,8,10-11H2,1-3H3. The third-order valence-corrected chi connectivity index (χ3v) is 4.03. The average molecular weight is 324 g/mol. The summed E-state index contributed by atoms with van der Waals surface area (Å²) in [4.78, 5) is 15.9. The number of aryl methyl sites for hydroxylation is 1. The molecule has 0 aliphatic carbocycles. The van der Waals surface area contributed by atoms with E-state index >= 15 is 0 Å². The van der Waals surface area contributed by atoms with Crippen molar-refractivity contribution in [2.75, 3.05) is 31.6 Å². The van der Waals surface area contributed by atoms with Crippen LogP contribution < -0.4 is 4.90 Å². The Hall–Kier alpha value is -1.61. The summed E-state index contributed by atoms with van der Waals surface area (Å²) >= 11 is 6.02. The van der Waals surface area contributed by atoms with Gasteiger partial charge in [-0.1, -0.05) is 11.6 Å². The predicted molar refractivity (Wildman–Crippen MR) is 87.9 cm³/mol. The zero-order chi connectivity index (χ0) is 16.7.